The molecule has 1 aromatic heterocycles. The Hall–Kier alpha value is -2.69. The molecule has 1 amide bonds. The molecule has 23 heavy (non-hydrogen) atoms. The van der Waals surface area contributed by atoms with Gasteiger partial charge in [0.2, 0.25) is 5.91 Å². The van der Waals surface area contributed by atoms with Crippen molar-refractivity contribution in [2.75, 3.05) is 6.54 Å². The van der Waals surface area contributed by atoms with E-state index in [-0.39, 0.29) is 19.1 Å². The van der Waals surface area contributed by atoms with Crippen molar-refractivity contribution in [1.82, 2.24) is 10.3 Å². The fourth-order valence-corrected chi connectivity index (χ4v) is 2.02. The Balaban J connectivity index is 1.57. The number of esters is 1. The number of aromatic nitrogens is 1. The molecule has 0 aliphatic rings. The van der Waals surface area contributed by atoms with Crippen LogP contribution in [0.1, 0.15) is 24.1 Å². The maximum atomic E-state index is 11.7. The lowest BCUT2D eigenvalue weighted by Crippen LogP contribution is -2.30. The first-order valence-corrected chi connectivity index (χ1v) is 7.60. The summed E-state index contributed by atoms with van der Waals surface area (Å²) in [4.78, 5) is 27.4. The fraction of sp³-hybridized carbons (Fsp3) is 0.278. The van der Waals surface area contributed by atoms with Crippen LogP contribution in [0.4, 0.5) is 0 Å². The monoisotopic (exact) mass is 312 g/mol. The van der Waals surface area contributed by atoms with Crippen LogP contribution in [0.3, 0.4) is 0 Å². The third kappa shape index (κ3) is 6.74. The second-order valence-electron chi connectivity index (χ2n) is 5.10. The van der Waals surface area contributed by atoms with Gasteiger partial charge in [0.25, 0.3) is 0 Å². The van der Waals surface area contributed by atoms with Gasteiger partial charge in [-0.15, -0.1) is 0 Å². The molecule has 0 saturated carbocycles. The molecule has 0 aliphatic carbocycles. The van der Waals surface area contributed by atoms with E-state index in [0.29, 0.717) is 12.8 Å². The summed E-state index contributed by atoms with van der Waals surface area (Å²) in [5, 5.41) is 2.57. The number of carbonyl (C=O) groups excluding carboxylic acids is 2. The van der Waals surface area contributed by atoms with Crippen molar-refractivity contribution < 1.29 is 14.3 Å². The van der Waals surface area contributed by atoms with Crippen molar-refractivity contribution in [1.29, 1.82) is 0 Å². The first-order valence-electron chi connectivity index (χ1n) is 7.60. The Morgan fingerprint density at radius 2 is 1.83 bits per heavy atom. The number of carbonyl (C=O) groups is 2. The van der Waals surface area contributed by atoms with Gasteiger partial charge in [-0.2, -0.15) is 0 Å². The zero-order valence-corrected chi connectivity index (χ0v) is 12.9. The highest BCUT2D eigenvalue weighted by molar-refractivity contribution is 5.81. The maximum absolute atomic E-state index is 11.7. The Kier molecular flexibility index (Phi) is 6.78. The Labute approximate surface area is 135 Å². The lowest BCUT2D eigenvalue weighted by atomic mass is 10.2. The van der Waals surface area contributed by atoms with E-state index in [1.54, 1.807) is 6.20 Å². The molecule has 2 rings (SSSR count). The van der Waals surface area contributed by atoms with Crippen molar-refractivity contribution in [3.05, 3.63) is 66.0 Å². The molecule has 0 bridgehead atoms. The van der Waals surface area contributed by atoms with Gasteiger partial charge in [-0.25, -0.2) is 0 Å². The van der Waals surface area contributed by atoms with Gasteiger partial charge in [0.15, 0.2) is 0 Å². The van der Waals surface area contributed by atoms with Crippen LogP contribution in [0.5, 0.6) is 0 Å². The zero-order valence-electron chi connectivity index (χ0n) is 12.9. The molecule has 0 aliphatic heterocycles. The summed E-state index contributed by atoms with van der Waals surface area (Å²) in [5.74, 6) is -0.593. The molecule has 1 heterocycles. The number of nitrogens with one attached hydrogen (secondary N) is 1. The average molecular weight is 312 g/mol. The normalized spacial score (nSPS) is 10.1. The third-order valence-electron chi connectivity index (χ3n) is 3.24. The van der Waals surface area contributed by atoms with Gasteiger partial charge in [-0.3, -0.25) is 14.6 Å². The van der Waals surface area contributed by atoms with Crippen LogP contribution in [0.15, 0.2) is 54.7 Å². The summed E-state index contributed by atoms with van der Waals surface area (Å²) in [6, 6.07) is 15.1. The fourth-order valence-electron chi connectivity index (χ4n) is 2.02. The van der Waals surface area contributed by atoms with Crippen molar-refractivity contribution >= 4 is 11.9 Å². The van der Waals surface area contributed by atoms with E-state index < -0.39 is 5.97 Å². The number of pyridine rings is 1. The highest BCUT2D eigenvalue weighted by Gasteiger charge is 2.07. The number of nitrogens with zero attached hydrogens (tertiary/aromatic N) is 1. The van der Waals surface area contributed by atoms with Gasteiger partial charge in [0.1, 0.15) is 13.2 Å². The van der Waals surface area contributed by atoms with Crippen LogP contribution in [-0.4, -0.2) is 23.4 Å². The number of ether oxygens (including phenoxy) is 1. The van der Waals surface area contributed by atoms with E-state index in [1.165, 1.54) is 0 Å². The summed E-state index contributed by atoms with van der Waals surface area (Å²) in [7, 11) is 0. The van der Waals surface area contributed by atoms with E-state index >= 15 is 0 Å². The summed E-state index contributed by atoms with van der Waals surface area (Å²) in [5.41, 5.74) is 1.88. The lowest BCUT2D eigenvalue weighted by molar-refractivity contribution is -0.145. The molecule has 5 heteroatoms. The maximum Gasteiger partial charge on any atom is 0.325 e. The van der Waals surface area contributed by atoms with E-state index in [0.717, 1.165) is 17.7 Å². The van der Waals surface area contributed by atoms with Gasteiger partial charge in [-0.05, 0) is 30.5 Å². The molecular weight excluding hydrogens is 292 g/mol. The van der Waals surface area contributed by atoms with Crippen molar-refractivity contribution in [2.24, 2.45) is 0 Å². The van der Waals surface area contributed by atoms with Crippen LogP contribution in [0.25, 0.3) is 0 Å². The first-order chi connectivity index (χ1) is 11.2. The minimum Gasteiger partial charge on any atom is -0.460 e. The molecular formula is C18H20N2O3. The summed E-state index contributed by atoms with van der Waals surface area (Å²) in [6.07, 6.45) is 3.54. The molecule has 0 atom stereocenters. The molecule has 1 N–H and O–H groups in total. The highest BCUT2D eigenvalue weighted by atomic mass is 16.5. The van der Waals surface area contributed by atoms with Gasteiger partial charge >= 0.3 is 5.97 Å². The second kappa shape index (κ2) is 9.35. The van der Waals surface area contributed by atoms with Gasteiger partial charge in [0, 0.05) is 18.3 Å². The molecule has 1 aromatic carbocycles. The lowest BCUT2D eigenvalue weighted by Gasteiger charge is -2.06. The largest absolute Gasteiger partial charge is 0.460 e. The van der Waals surface area contributed by atoms with Crippen molar-refractivity contribution in [3.8, 4) is 0 Å². The van der Waals surface area contributed by atoms with E-state index in [9.17, 15) is 9.59 Å². The van der Waals surface area contributed by atoms with E-state index in [4.69, 9.17) is 4.74 Å². The van der Waals surface area contributed by atoms with Crippen molar-refractivity contribution in [3.63, 3.8) is 0 Å². The third-order valence-corrected chi connectivity index (χ3v) is 3.24. The van der Waals surface area contributed by atoms with Gasteiger partial charge < -0.3 is 10.1 Å². The molecule has 0 saturated heterocycles. The minimum atomic E-state index is -0.438. The molecule has 0 fully saturated rings. The number of amides is 1. The zero-order chi connectivity index (χ0) is 16.3. The molecule has 2 aromatic rings. The van der Waals surface area contributed by atoms with Crippen molar-refractivity contribution in [2.45, 2.75) is 25.9 Å². The predicted octanol–water partition coefficient (Wildman–Crippen LogP) is 2.26. The predicted molar refractivity (Wildman–Crippen MR) is 86.4 cm³/mol. The van der Waals surface area contributed by atoms with Crippen LogP contribution in [-0.2, 0) is 27.4 Å². The molecule has 5 nitrogen and oxygen atoms in total. The van der Waals surface area contributed by atoms with Crippen LogP contribution < -0.4 is 5.32 Å². The molecule has 0 radical (unpaired) electrons. The highest BCUT2D eigenvalue weighted by Crippen LogP contribution is 2.02. The Morgan fingerprint density at radius 3 is 2.57 bits per heavy atom. The smallest absolute Gasteiger partial charge is 0.325 e. The molecule has 0 spiro atoms. The standard InChI is InChI=1S/C18H20N2O3/c21-17(11-6-10-16-9-4-5-12-19-16)20-13-18(22)23-14-15-7-2-1-3-8-15/h1-5,7-9,12H,6,10-11,13-14H2,(H,20,21). The summed E-state index contributed by atoms with van der Waals surface area (Å²) >= 11 is 0. The average Bonchev–Trinajstić information content (AvgIpc) is 2.60. The van der Waals surface area contributed by atoms with Crippen LogP contribution in [0.2, 0.25) is 0 Å². The first kappa shape index (κ1) is 16.7. The summed E-state index contributed by atoms with van der Waals surface area (Å²) < 4.78 is 5.09. The number of benzene rings is 1. The number of rotatable bonds is 8. The second-order valence-corrected chi connectivity index (χ2v) is 5.10. The number of hydrogen-bond acceptors (Lipinski definition) is 4. The van der Waals surface area contributed by atoms with Gasteiger partial charge in [-0.1, -0.05) is 36.4 Å². The molecule has 0 unspecified atom stereocenters. The van der Waals surface area contributed by atoms with E-state index in [1.807, 2.05) is 48.5 Å². The van der Waals surface area contributed by atoms with Crippen LogP contribution >= 0.6 is 0 Å². The topological polar surface area (TPSA) is 68.3 Å². The van der Waals surface area contributed by atoms with Crippen LogP contribution in [0, 0.1) is 0 Å². The van der Waals surface area contributed by atoms with Gasteiger partial charge in [0.05, 0.1) is 0 Å². The van der Waals surface area contributed by atoms with E-state index in [2.05, 4.69) is 10.3 Å². The molecule has 120 valence electrons. The number of hydrogen-bond donors (Lipinski definition) is 1. The summed E-state index contributed by atoms with van der Waals surface area (Å²) in [6.45, 7) is 0.116. The minimum absolute atomic E-state index is 0.102. The Morgan fingerprint density at radius 1 is 1.04 bits per heavy atom. The SMILES string of the molecule is O=C(CCCc1ccccn1)NCC(=O)OCc1ccccc1. The number of aryl methyl sites for hydroxylation is 1. The quantitative estimate of drug-likeness (QED) is 0.759. The Bertz CT molecular complexity index is 615.